The van der Waals surface area contributed by atoms with Crippen molar-refractivity contribution in [2.75, 3.05) is 6.61 Å². The number of carboxylic acid groups (broad SMARTS) is 1. The van der Waals surface area contributed by atoms with Gasteiger partial charge in [0, 0.05) is 12.7 Å². The third-order valence-electron chi connectivity index (χ3n) is 1.73. The van der Waals surface area contributed by atoms with E-state index in [1.54, 1.807) is 4.57 Å². The molecule has 0 aromatic carbocycles. The van der Waals surface area contributed by atoms with Crippen LogP contribution in [0.4, 0.5) is 0 Å². The molecule has 0 unspecified atom stereocenters. The lowest BCUT2D eigenvalue weighted by atomic mass is 10.4. The molecule has 2 rings (SSSR count). The number of carbonyl (C=O) groups is 1. The molecular weight excluding hydrogens is 160 g/mol. The van der Waals surface area contributed by atoms with E-state index in [0.29, 0.717) is 12.6 Å². The first-order chi connectivity index (χ1) is 5.77. The molecular formula is C7H8N2O3. The molecule has 0 fully saturated rings. The van der Waals surface area contributed by atoms with Crippen LogP contribution in [-0.4, -0.2) is 27.2 Å². The lowest BCUT2D eigenvalue weighted by Gasteiger charge is -2.13. The lowest BCUT2D eigenvalue weighted by Crippen LogP contribution is -2.13. The molecule has 0 aliphatic carbocycles. The van der Waals surface area contributed by atoms with Gasteiger partial charge in [0.1, 0.15) is 0 Å². The number of aryl methyl sites for hydroxylation is 1. The molecule has 1 aromatic rings. The van der Waals surface area contributed by atoms with Crippen LogP contribution in [0.1, 0.15) is 16.9 Å². The van der Waals surface area contributed by atoms with Crippen molar-refractivity contribution in [3.63, 3.8) is 0 Å². The van der Waals surface area contributed by atoms with Crippen LogP contribution in [0.15, 0.2) is 6.20 Å². The summed E-state index contributed by atoms with van der Waals surface area (Å²) < 4.78 is 6.86. The quantitative estimate of drug-likeness (QED) is 0.657. The van der Waals surface area contributed by atoms with Crippen molar-refractivity contribution in [2.45, 2.75) is 13.0 Å². The van der Waals surface area contributed by atoms with Gasteiger partial charge in [-0.05, 0) is 6.42 Å². The highest BCUT2D eigenvalue weighted by molar-refractivity contribution is 5.85. The molecule has 0 atom stereocenters. The molecule has 64 valence electrons. The van der Waals surface area contributed by atoms with Crippen LogP contribution < -0.4 is 4.74 Å². The summed E-state index contributed by atoms with van der Waals surface area (Å²) >= 11 is 0. The highest BCUT2D eigenvalue weighted by Crippen LogP contribution is 2.16. The van der Waals surface area contributed by atoms with Crippen LogP contribution in [-0.2, 0) is 6.54 Å². The third kappa shape index (κ3) is 1.03. The smallest absolute Gasteiger partial charge is 0.356 e. The minimum absolute atomic E-state index is 0.0481. The molecule has 0 spiro atoms. The Kier molecular flexibility index (Phi) is 1.49. The van der Waals surface area contributed by atoms with Crippen molar-refractivity contribution < 1.29 is 14.6 Å². The van der Waals surface area contributed by atoms with Crippen LogP contribution >= 0.6 is 0 Å². The number of carboxylic acids is 1. The molecule has 1 aliphatic rings. The van der Waals surface area contributed by atoms with E-state index < -0.39 is 5.97 Å². The van der Waals surface area contributed by atoms with E-state index in [4.69, 9.17) is 9.84 Å². The molecule has 0 radical (unpaired) electrons. The van der Waals surface area contributed by atoms with E-state index >= 15 is 0 Å². The molecule has 0 amide bonds. The molecule has 0 saturated carbocycles. The third-order valence-corrected chi connectivity index (χ3v) is 1.73. The number of ether oxygens (including phenoxy) is 1. The zero-order chi connectivity index (χ0) is 8.55. The van der Waals surface area contributed by atoms with Crippen molar-refractivity contribution in [2.24, 2.45) is 0 Å². The summed E-state index contributed by atoms with van der Waals surface area (Å²) in [5.41, 5.74) is 0.0481. The zero-order valence-electron chi connectivity index (χ0n) is 6.36. The second-order valence-corrected chi connectivity index (χ2v) is 2.61. The first kappa shape index (κ1) is 7.15. The monoisotopic (exact) mass is 168 g/mol. The van der Waals surface area contributed by atoms with E-state index in [2.05, 4.69) is 4.98 Å². The molecule has 5 nitrogen and oxygen atoms in total. The highest BCUT2D eigenvalue weighted by atomic mass is 16.5. The Bertz CT molecular complexity index is 295. The predicted molar refractivity (Wildman–Crippen MR) is 39.3 cm³/mol. The number of rotatable bonds is 1. The maximum absolute atomic E-state index is 10.5. The Morgan fingerprint density at radius 1 is 1.75 bits per heavy atom. The van der Waals surface area contributed by atoms with Gasteiger partial charge in [0.25, 0.3) is 6.01 Å². The second kappa shape index (κ2) is 2.51. The summed E-state index contributed by atoms with van der Waals surface area (Å²) in [4.78, 5) is 14.3. The SMILES string of the molecule is O=C(O)c1cn2c(n1)OCCC2. The van der Waals surface area contributed by atoms with Crippen molar-refractivity contribution in [3.05, 3.63) is 11.9 Å². The highest BCUT2D eigenvalue weighted by Gasteiger charge is 2.16. The summed E-state index contributed by atoms with van der Waals surface area (Å²) in [6.45, 7) is 1.41. The van der Waals surface area contributed by atoms with Gasteiger partial charge in [-0.15, -0.1) is 0 Å². The van der Waals surface area contributed by atoms with Gasteiger partial charge in [0.15, 0.2) is 5.69 Å². The molecule has 1 aromatic heterocycles. The standard InChI is InChI=1S/C7H8N2O3/c10-6(11)5-4-9-2-1-3-12-7(9)8-5/h4H,1-3H2,(H,10,11). The summed E-state index contributed by atoms with van der Waals surface area (Å²) in [6, 6.07) is 0.415. The zero-order valence-corrected chi connectivity index (χ0v) is 6.36. The van der Waals surface area contributed by atoms with Gasteiger partial charge in [-0.1, -0.05) is 0 Å². The Balaban J connectivity index is 2.38. The minimum atomic E-state index is -1.01. The van der Waals surface area contributed by atoms with E-state index in [-0.39, 0.29) is 5.69 Å². The van der Waals surface area contributed by atoms with Crippen molar-refractivity contribution >= 4 is 5.97 Å². The molecule has 2 heterocycles. The number of hydrogen-bond donors (Lipinski definition) is 1. The second-order valence-electron chi connectivity index (χ2n) is 2.61. The van der Waals surface area contributed by atoms with Crippen LogP contribution in [0.25, 0.3) is 0 Å². The van der Waals surface area contributed by atoms with Crippen molar-refractivity contribution in [3.8, 4) is 6.01 Å². The number of aromatic carboxylic acids is 1. The van der Waals surface area contributed by atoms with E-state index in [0.717, 1.165) is 13.0 Å². The number of hydrogen-bond acceptors (Lipinski definition) is 3. The van der Waals surface area contributed by atoms with Crippen molar-refractivity contribution in [1.82, 2.24) is 9.55 Å². The fourth-order valence-corrected chi connectivity index (χ4v) is 1.18. The molecule has 1 N–H and O–H groups in total. The Hall–Kier alpha value is -1.52. The maximum atomic E-state index is 10.5. The number of aromatic nitrogens is 2. The molecule has 5 heteroatoms. The van der Waals surface area contributed by atoms with Crippen LogP contribution in [0, 0.1) is 0 Å². The van der Waals surface area contributed by atoms with Gasteiger partial charge in [-0.3, -0.25) is 0 Å². The van der Waals surface area contributed by atoms with Crippen LogP contribution in [0.2, 0.25) is 0 Å². The summed E-state index contributed by atoms with van der Waals surface area (Å²) in [5.74, 6) is -1.01. The van der Waals surface area contributed by atoms with Gasteiger partial charge < -0.3 is 14.4 Å². The lowest BCUT2D eigenvalue weighted by molar-refractivity contribution is 0.0690. The van der Waals surface area contributed by atoms with E-state index in [1.165, 1.54) is 6.20 Å². The summed E-state index contributed by atoms with van der Waals surface area (Å²) in [5, 5.41) is 8.60. The van der Waals surface area contributed by atoms with E-state index in [1.807, 2.05) is 0 Å². The first-order valence-corrected chi connectivity index (χ1v) is 3.70. The molecule has 0 saturated heterocycles. The Labute approximate surface area is 68.6 Å². The Morgan fingerprint density at radius 3 is 3.25 bits per heavy atom. The Morgan fingerprint density at radius 2 is 2.58 bits per heavy atom. The average molecular weight is 168 g/mol. The van der Waals surface area contributed by atoms with Gasteiger partial charge in [0.05, 0.1) is 6.61 Å². The van der Waals surface area contributed by atoms with Crippen LogP contribution in [0.5, 0.6) is 6.01 Å². The van der Waals surface area contributed by atoms with Gasteiger partial charge in [-0.25, -0.2) is 4.79 Å². The number of fused-ring (bicyclic) bond motifs is 1. The average Bonchev–Trinajstić information content (AvgIpc) is 2.46. The topological polar surface area (TPSA) is 64.3 Å². The fourth-order valence-electron chi connectivity index (χ4n) is 1.18. The summed E-state index contributed by atoms with van der Waals surface area (Å²) in [6.07, 6.45) is 2.40. The van der Waals surface area contributed by atoms with Gasteiger partial charge in [0.2, 0.25) is 0 Å². The summed E-state index contributed by atoms with van der Waals surface area (Å²) in [7, 11) is 0. The van der Waals surface area contributed by atoms with Gasteiger partial charge >= 0.3 is 5.97 Å². The largest absolute Gasteiger partial charge is 0.476 e. The number of nitrogens with zero attached hydrogens (tertiary/aromatic N) is 2. The molecule has 0 bridgehead atoms. The van der Waals surface area contributed by atoms with Gasteiger partial charge in [-0.2, -0.15) is 4.98 Å². The first-order valence-electron chi connectivity index (χ1n) is 3.70. The fraction of sp³-hybridized carbons (Fsp3) is 0.429. The molecule has 1 aliphatic heterocycles. The number of imidazole rings is 1. The molecule has 12 heavy (non-hydrogen) atoms. The van der Waals surface area contributed by atoms with Crippen molar-refractivity contribution in [1.29, 1.82) is 0 Å². The van der Waals surface area contributed by atoms with E-state index in [9.17, 15) is 4.79 Å². The normalized spacial score (nSPS) is 15.0. The van der Waals surface area contributed by atoms with Crippen LogP contribution in [0.3, 0.4) is 0 Å². The minimum Gasteiger partial charge on any atom is -0.476 e. The maximum Gasteiger partial charge on any atom is 0.356 e. The predicted octanol–water partition coefficient (Wildman–Crippen LogP) is 0.364.